The van der Waals surface area contributed by atoms with Crippen molar-refractivity contribution in [3.05, 3.63) is 0 Å². The fourth-order valence-electron chi connectivity index (χ4n) is 3.28. The second kappa shape index (κ2) is 5.17. The van der Waals surface area contributed by atoms with Crippen molar-refractivity contribution in [1.29, 1.82) is 0 Å². The van der Waals surface area contributed by atoms with Crippen molar-refractivity contribution < 1.29 is 4.79 Å². The quantitative estimate of drug-likeness (QED) is 0.794. The highest BCUT2D eigenvalue weighted by Crippen LogP contribution is 2.35. The number of hydrogen-bond donors (Lipinski definition) is 1. The molecule has 1 heterocycles. The Morgan fingerprint density at radius 1 is 1.31 bits per heavy atom. The minimum Gasteiger partial charge on any atom is -0.339 e. The van der Waals surface area contributed by atoms with Crippen molar-refractivity contribution in [2.24, 2.45) is 17.6 Å². The number of rotatable bonds is 3. The first kappa shape index (κ1) is 11.9. The lowest BCUT2D eigenvalue weighted by Gasteiger charge is -2.31. The highest BCUT2D eigenvalue weighted by atomic mass is 16.2. The molecule has 0 radical (unpaired) electrons. The van der Waals surface area contributed by atoms with Crippen molar-refractivity contribution >= 4 is 5.91 Å². The normalized spacial score (nSPS) is 28.6. The van der Waals surface area contributed by atoms with Crippen LogP contribution in [0.15, 0.2) is 0 Å². The molecule has 0 aromatic carbocycles. The second-order valence-electron chi connectivity index (χ2n) is 5.42. The predicted octanol–water partition coefficient (Wildman–Crippen LogP) is 1.76. The van der Waals surface area contributed by atoms with Gasteiger partial charge in [0.15, 0.2) is 0 Å². The topological polar surface area (TPSA) is 46.3 Å². The first-order valence-corrected chi connectivity index (χ1v) is 6.74. The largest absolute Gasteiger partial charge is 0.339 e. The number of carbonyl (C=O) groups excluding carboxylic acids is 1. The molecule has 1 aliphatic carbocycles. The summed E-state index contributed by atoms with van der Waals surface area (Å²) >= 11 is 0. The fraction of sp³-hybridized carbons (Fsp3) is 0.923. The number of hydrogen-bond acceptors (Lipinski definition) is 2. The lowest BCUT2D eigenvalue weighted by molar-refractivity contribution is -0.136. The zero-order valence-corrected chi connectivity index (χ0v) is 10.3. The number of nitrogens with two attached hydrogens (primary N) is 1. The van der Waals surface area contributed by atoms with Gasteiger partial charge in [-0.3, -0.25) is 4.79 Å². The van der Waals surface area contributed by atoms with Crippen molar-refractivity contribution in [3.63, 3.8) is 0 Å². The zero-order valence-electron chi connectivity index (χ0n) is 10.3. The summed E-state index contributed by atoms with van der Waals surface area (Å²) in [5, 5.41) is 0. The van der Waals surface area contributed by atoms with E-state index in [-0.39, 0.29) is 11.8 Å². The maximum Gasteiger partial charge on any atom is 0.226 e. The van der Waals surface area contributed by atoms with Crippen LogP contribution in [0, 0.1) is 11.8 Å². The standard InChI is InChI=1S/C13H24N2O/c1-10(9-14)13(16)15-8-4-7-12(15)11-5-2-3-6-11/h10-12H,2-9,14H2,1H3. The molecule has 2 N–H and O–H groups in total. The SMILES string of the molecule is CC(CN)C(=O)N1CCCC1C1CCCC1. The van der Waals surface area contributed by atoms with Crippen LogP contribution in [0.25, 0.3) is 0 Å². The Labute approximate surface area is 98.4 Å². The molecule has 3 heteroatoms. The summed E-state index contributed by atoms with van der Waals surface area (Å²) in [7, 11) is 0. The van der Waals surface area contributed by atoms with E-state index in [1.54, 1.807) is 0 Å². The summed E-state index contributed by atoms with van der Waals surface area (Å²) in [6.45, 7) is 3.39. The molecule has 16 heavy (non-hydrogen) atoms. The van der Waals surface area contributed by atoms with Gasteiger partial charge in [0.25, 0.3) is 0 Å². The molecule has 0 bridgehead atoms. The first-order chi connectivity index (χ1) is 7.74. The van der Waals surface area contributed by atoms with Crippen LogP contribution in [0.2, 0.25) is 0 Å². The van der Waals surface area contributed by atoms with E-state index >= 15 is 0 Å². The molecule has 2 atom stereocenters. The predicted molar refractivity (Wildman–Crippen MR) is 64.9 cm³/mol. The van der Waals surface area contributed by atoms with Gasteiger partial charge in [-0.25, -0.2) is 0 Å². The summed E-state index contributed by atoms with van der Waals surface area (Å²) < 4.78 is 0. The first-order valence-electron chi connectivity index (χ1n) is 6.74. The van der Waals surface area contributed by atoms with Crippen LogP contribution in [0.1, 0.15) is 45.4 Å². The van der Waals surface area contributed by atoms with E-state index in [4.69, 9.17) is 5.73 Å². The van der Waals surface area contributed by atoms with E-state index in [2.05, 4.69) is 4.90 Å². The van der Waals surface area contributed by atoms with Crippen LogP contribution in [0.3, 0.4) is 0 Å². The van der Waals surface area contributed by atoms with E-state index < -0.39 is 0 Å². The Morgan fingerprint density at radius 3 is 2.62 bits per heavy atom. The summed E-state index contributed by atoms with van der Waals surface area (Å²) in [6, 6.07) is 0.531. The third-order valence-electron chi connectivity index (χ3n) is 4.30. The average molecular weight is 224 g/mol. The Kier molecular flexibility index (Phi) is 3.85. The van der Waals surface area contributed by atoms with Gasteiger partial charge in [0.05, 0.1) is 0 Å². The van der Waals surface area contributed by atoms with E-state index in [1.807, 2.05) is 6.92 Å². The van der Waals surface area contributed by atoms with E-state index in [0.717, 1.165) is 12.5 Å². The van der Waals surface area contributed by atoms with Crippen LogP contribution in [0.4, 0.5) is 0 Å². The molecule has 92 valence electrons. The van der Waals surface area contributed by atoms with E-state index in [1.165, 1.54) is 38.5 Å². The molecular weight excluding hydrogens is 200 g/mol. The van der Waals surface area contributed by atoms with Crippen molar-refractivity contribution in [2.45, 2.75) is 51.5 Å². The fourth-order valence-corrected chi connectivity index (χ4v) is 3.28. The Morgan fingerprint density at radius 2 is 2.00 bits per heavy atom. The molecule has 2 aliphatic rings. The smallest absolute Gasteiger partial charge is 0.226 e. The molecule has 1 saturated carbocycles. The van der Waals surface area contributed by atoms with Gasteiger partial charge in [-0.1, -0.05) is 19.8 Å². The van der Waals surface area contributed by atoms with Crippen molar-refractivity contribution in [1.82, 2.24) is 4.90 Å². The van der Waals surface area contributed by atoms with Gasteiger partial charge >= 0.3 is 0 Å². The van der Waals surface area contributed by atoms with Gasteiger partial charge in [0.1, 0.15) is 0 Å². The lowest BCUT2D eigenvalue weighted by atomic mass is 9.95. The zero-order chi connectivity index (χ0) is 11.5. The highest BCUT2D eigenvalue weighted by molar-refractivity contribution is 5.79. The van der Waals surface area contributed by atoms with Gasteiger partial charge in [0, 0.05) is 25.0 Å². The second-order valence-corrected chi connectivity index (χ2v) is 5.42. The molecule has 2 unspecified atom stereocenters. The number of likely N-dealkylation sites (tertiary alicyclic amines) is 1. The molecule has 2 rings (SSSR count). The third kappa shape index (κ3) is 2.24. The Bertz CT molecular complexity index is 248. The van der Waals surface area contributed by atoms with E-state index in [9.17, 15) is 4.79 Å². The third-order valence-corrected chi connectivity index (χ3v) is 4.30. The van der Waals surface area contributed by atoms with Crippen LogP contribution in [-0.2, 0) is 4.79 Å². The molecule has 3 nitrogen and oxygen atoms in total. The number of carbonyl (C=O) groups is 1. The molecule has 1 aliphatic heterocycles. The van der Waals surface area contributed by atoms with Crippen LogP contribution in [-0.4, -0.2) is 29.9 Å². The minimum absolute atomic E-state index is 0.00185. The number of nitrogens with zero attached hydrogens (tertiary/aromatic N) is 1. The molecule has 0 spiro atoms. The van der Waals surface area contributed by atoms with Gasteiger partial charge in [-0.05, 0) is 31.6 Å². The van der Waals surface area contributed by atoms with Crippen molar-refractivity contribution in [3.8, 4) is 0 Å². The van der Waals surface area contributed by atoms with Crippen molar-refractivity contribution in [2.75, 3.05) is 13.1 Å². The van der Waals surface area contributed by atoms with Gasteiger partial charge in [0.2, 0.25) is 5.91 Å². The van der Waals surface area contributed by atoms with Gasteiger partial charge < -0.3 is 10.6 Å². The maximum absolute atomic E-state index is 12.2. The minimum atomic E-state index is 0.00185. The van der Waals surface area contributed by atoms with Crippen LogP contribution in [0.5, 0.6) is 0 Å². The molecule has 0 aromatic rings. The molecule has 1 amide bonds. The monoisotopic (exact) mass is 224 g/mol. The molecule has 0 aromatic heterocycles. The summed E-state index contributed by atoms with van der Waals surface area (Å²) in [6.07, 6.45) is 7.76. The maximum atomic E-state index is 12.2. The van der Waals surface area contributed by atoms with Crippen LogP contribution < -0.4 is 5.73 Å². The molecule has 2 fully saturated rings. The Balaban J connectivity index is 1.99. The van der Waals surface area contributed by atoms with E-state index in [0.29, 0.717) is 12.6 Å². The summed E-state index contributed by atoms with van der Waals surface area (Å²) in [4.78, 5) is 14.3. The van der Waals surface area contributed by atoms with Crippen LogP contribution >= 0.6 is 0 Å². The van der Waals surface area contributed by atoms with Gasteiger partial charge in [-0.15, -0.1) is 0 Å². The summed E-state index contributed by atoms with van der Waals surface area (Å²) in [5.74, 6) is 1.07. The van der Waals surface area contributed by atoms with Gasteiger partial charge in [-0.2, -0.15) is 0 Å². The molecular formula is C13H24N2O. The lowest BCUT2D eigenvalue weighted by Crippen LogP contribution is -2.43. The highest BCUT2D eigenvalue weighted by Gasteiger charge is 2.36. The average Bonchev–Trinajstić information content (AvgIpc) is 2.95. The molecule has 1 saturated heterocycles. The number of amides is 1. The summed E-state index contributed by atoms with van der Waals surface area (Å²) in [5.41, 5.74) is 5.59. The Hall–Kier alpha value is -0.570.